The summed E-state index contributed by atoms with van der Waals surface area (Å²) in [6, 6.07) is 3.30. The van der Waals surface area contributed by atoms with Gasteiger partial charge in [-0.3, -0.25) is 0 Å². The lowest BCUT2D eigenvalue weighted by Gasteiger charge is -2.33. The van der Waals surface area contributed by atoms with Gasteiger partial charge in [0.05, 0.1) is 5.02 Å². The van der Waals surface area contributed by atoms with Crippen LogP contribution in [0.4, 0.5) is 4.39 Å². The van der Waals surface area contributed by atoms with Gasteiger partial charge in [-0.2, -0.15) is 0 Å². The van der Waals surface area contributed by atoms with E-state index in [4.69, 9.17) is 20.9 Å². The Morgan fingerprint density at radius 3 is 2.50 bits per heavy atom. The molecule has 0 radical (unpaired) electrons. The number of halogens is 2. The predicted molar refractivity (Wildman–Crippen MR) is 74.3 cm³/mol. The molecule has 1 aromatic carbocycles. The van der Waals surface area contributed by atoms with E-state index in [0.717, 1.165) is 0 Å². The Morgan fingerprint density at radius 1 is 1.33 bits per heavy atom. The molecule has 1 fully saturated rings. The van der Waals surface area contributed by atoms with Crippen molar-refractivity contribution in [3.63, 3.8) is 0 Å². The van der Waals surface area contributed by atoms with Crippen LogP contribution in [0.15, 0.2) is 17.0 Å². The molecule has 0 unspecified atom stereocenters. The molecule has 1 aliphatic heterocycles. The first-order chi connectivity index (χ1) is 8.44. The van der Waals surface area contributed by atoms with Crippen LogP contribution in [0.5, 0.6) is 0 Å². The Labute approximate surface area is 116 Å². The van der Waals surface area contributed by atoms with Crippen molar-refractivity contribution in [2.24, 2.45) is 5.41 Å². The van der Waals surface area contributed by atoms with E-state index < -0.39 is 12.9 Å². The first-order valence-electron chi connectivity index (χ1n) is 5.70. The summed E-state index contributed by atoms with van der Waals surface area (Å²) < 4.78 is 25.2. The first kappa shape index (κ1) is 14.2. The van der Waals surface area contributed by atoms with Gasteiger partial charge in [0.15, 0.2) is 5.82 Å². The van der Waals surface area contributed by atoms with Gasteiger partial charge >= 0.3 is 7.12 Å². The van der Waals surface area contributed by atoms with Gasteiger partial charge in [0.1, 0.15) is 0 Å². The maximum atomic E-state index is 13.9. The monoisotopic (exact) mass is 288 g/mol. The molecule has 18 heavy (non-hydrogen) atoms. The zero-order chi connectivity index (χ0) is 13.3. The SMILES string of the molecule is CSc1c(B2OCC(C)(C)CO2)ccc(Cl)c1F. The maximum absolute atomic E-state index is 13.9. The van der Waals surface area contributed by atoms with Crippen LogP contribution in [-0.2, 0) is 9.31 Å². The van der Waals surface area contributed by atoms with Gasteiger partial charge in [0.25, 0.3) is 0 Å². The molecule has 0 aliphatic carbocycles. The summed E-state index contributed by atoms with van der Waals surface area (Å²) in [5, 5.41) is 0.124. The second-order valence-electron chi connectivity index (χ2n) is 5.10. The Balaban J connectivity index is 2.27. The van der Waals surface area contributed by atoms with Crippen molar-refractivity contribution in [1.29, 1.82) is 0 Å². The summed E-state index contributed by atoms with van der Waals surface area (Å²) in [4.78, 5) is 0.493. The Kier molecular flexibility index (Phi) is 4.27. The van der Waals surface area contributed by atoms with Crippen molar-refractivity contribution >= 4 is 35.9 Å². The van der Waals surface area contributed by atoms with Crippen LogP contribution in [0.25, 0.3) is 0 Å². The van der Waals surface area contributed by atoms with E-state index in [-0.39, 0.29) is 10.4 Å². The summed E-state index contributed by atoms with van der Waals surface area (Å²) in [6.07, 6.45) is 1.81. The first-order valence-corrected chi connectivity index (χ1v) is 7.30. The molecule has 1 saturated heterocycles. The minimum atomic E-state index is -0.507. The molecule has 0 bridgehead atoms. The van der Waals surface area contributed by atoms with E-state index in [0.29, 0.717) is 23.6 Å². The summed E-state index contributed by atoms with van der Waals surface area (Å²) in [5.74, 6) is -0.404. The molecule has 6 heteroatoms. The molecule has 2 nitrogen and oxygen atoms in total. The zero-order valence-electron chi connectivity index (χ0n) is 10.6. The molecule has 2 rings (SSSR count). The van der Waals surface area contributed by atoms with Crippen molar-refractivity contribution in [3.8, 4) is 0 Å². The van der Waals surface area contributed by atoms with Gasteiger partial charge in [0, 0.05) is 23.5 Å². The Hall–Kier alpha value is -0.225. The molecule has 0 amide bonds. The molecule has 1 heterocycles. The summed E-state index contributed by atoms with van der Waals surface area (Å²) in [7, 11) is -0.507. The van der Waals surface area contributed by atoms with Crippen LogP contribution in [0.2, 0.25) is 5.02 Å². The van der Waals surface area contributed by atoms with Gasteiger partial charge < -0.3 is 9.31 Å². The number of thioether (sulfide) groups is 1. The van der Waals surface area contributed by atoms with Crippen LogP contribution in [0.1, 0.15) is 13.8 Å². The van der Waals surface area contributed by atoms with E-state index in [1.807, 2.05) is 6.26 Å². The van der Waals surface area contributed by atoms with Crippen LogP contribution >= 0.6 is 23.4 Å². The lowest BCUT2D eigenvalue weighted by Crippen LogP contribution is -2.48. The number of hydrogen-bond donors (Lipinski definition) is 0. The second-order valence-corrected chi connectivity index (χ2v) is 6.33. The Bertz CT molecular complexity index is 446. The third kappa shape index (κ3) is 2.85. The molecule has 98 valence electrons. The van der Waals surface area contributed by atoms with Crippen LogP contribution in [0, 0.1) is 11.2 Å². The van der Waals surface area contributed by atoms with Crippen molar-refractivity contribution in [2.45, 2.75) is 18.7 Å². The largest absolute Gasteiger partial charge is 0.495 e. The average molecular weight is 289 g/mol. The van der Waals surface area contributed by atoms with E-state index >= 15 is 0 Å². The minimum absolute atomic E-state index is 0.000983. The van der Waals surface area contributed by atoms with E-state index in [1.54, 1.807) is 12.1 Å². The molecule has 0 spiro atoms. The second kappa shape index (κ2) is 5.41. The third-order valence-electron chi connectivity index (χ3n) is 2.79. The molecule has 0 N–H and O–H groups in total. The predicted octanol–water partition coefficient (Wildman–Crippen LogP) is 2.97. The lowest BCUT2D eigenvalue weighted by atomic mass is 9.76. The van der Waals surface area contributed by atoms with Gasteiger partial charge in [-0.25, -0.2) is 4.39 Å². The summed E-state index contributed by atoms with van der Waals surface area (Å²) in [5.41, 5.74) is 0.709. The van der Waals surface area contributed by atoms with E-state index in [1.165, 1.54) is 11.8 Å². The topological polar surface area (TPSA) is 18.5 Å². The summed E-state index contributed by atoms with van der Waals surface area (Å²) >= 11 is 7.09. The molecule has 0 saturated carbocycles. The minimum Gasteiger partial charge on any atom is -0.407 e. The highest BCUT2D eigenvalue weighted by Crippen LogP contribution is 2.27. The maximum Gasteiger partial charge on any atom is 0.495 e. The molecular formula is C12H15BClFO2S. The van der Waals surface area contributed by atoms with Crippen molar-refractivity contribution < 1.29 is 13.7 Å². The summed E-state index contributed by atoms with van der Waals surface area (Å²) in [6.45, 7) is 5.33. The normalized spacial score (nSPS) is 19.1. The van der Waals surface area contributed by atoms with Crippen LogP contribution in [-0.4, -0.2) is 26.6 Å². The highest BCUT2D eigenvalue weighted by atomic mass is 35.5. The average Bonchev–Trinajstić information content (AvgIpc) is 2.33. The smallest absolute Gasteiger partial charge is 0.407 e. The molecule has 0 atom stereocenters. The van der Waals surface area contributed by atoms with Crippen molar-refractivity contribution in [2.75, 3.05) is 19.5 Å². The fraction of sp³-hybridized carbons (Fsp3) is 0.500. The van der Waals surface area contributed by atoms with Gasteiger partial charge in [-0.15, -0.1) is 11.8 Å². The van der Waals surface area contributed by atoms with Crippen molar-refractivity contribution in [3.05, 3.63) is 23.0 Å². The number of benzene rings is 1. The van der Waals surface area contributed by atoms with E-state index in [2.05, 4.69) is 13.8 Å². The molecule has 0 aromatic heterocycles. The van der Waals surface area contributed by atoms with Crippen molar-refractivity contribution in [1.82, 2.24) is 0 Å². The van der Waals surface area contributed by atoms with Crippen LogP contribution < -0.4 is 5.46 Å². The molecule has 1 aliphatic rings. The zero-order valence-corrected chi connectivity index (χ0v) is 12.2. The molecule has 1 aromatic rings. The fourth-order valence-electron chi connectivity index (χ4n) is 1.81. The highest BCUT2D eigenvalue weighted by Gasteiger charge is 2.35. The highest BCUT2D eigenvalue weighted by molar-refractivity contribution is 7.98. The van der Waals surface area contributed by atoms with Crippen LogP contribution in [0.3, 0.4) is 0 Å². The quantitative estimate of drug-likeness (QED) is 0.616. The third-order valence-corrected chi connectivity index (χ3v) is 3.90. The van der Waals surface area contributed by atoms with Gasteiger partial charge in [-0.1, -0.05) is 31.5 Å². The number of hydrogen-bond acceptors (Lipinski definition) is 3. The van der Waals surface area contributed by atoms with Gasteiger partial charge in [0.2, 0.25) is 0 Å². The van der Waals surface area contributed by atoms with E-state index in [9.17, 15) is 4.39 Å². The Morgan fingerprint density at radius 2 is 1.94 bits per heavy atom. The van der Waals surface area contributed by atoms with Gasteiger partial charge in [-0.05, 0) is 17.8 Å². The lowest BCUT2D eigenvalue weighted by molar-refractivity contribution is 0.0340. The number of rotatable bonds is 2. The standard InChI is InChI=1S/C12H15BClFO2S/c1-12(2)6-16-13(17-7-12)8-4-5-9(14)10(15)11(8)18-3/h4-5H,6-7H2,1-3H3. The fourth-order valence-corrected chi connectivity index (χ4v) is 2.71. The molecular weight excluding hydrogens is 273 g/mol.